The van der Waals surface area contributed by atoms with E-state index in [0.717, 1.165) is 32.6 Å². The first-order valence-electron chi connectivity index (χ1n) is 7.86. The van der Waals surface area contributed by atoms with Crippen molar-refractivity contribution in [2.45, 2.75) is 72.1 Å². The SMILES string of the molecule is CCC(CC(C)(F)F)C(O)=CC(=O)C1CCC(C)(C)CC1. The van der Waals surface area contributed by atoms with Gasteiger partial charge in [0.25, 0.3) is 0 Å². The van der Waals surface area contributed by atoms with Crippen LogP contribution in [0.2, 0.25) is 0 Å². The maximum absolute atomic E-state index is 13.1. The van der Waals surface area contributed by atoms with E-state index >= 15 is 0 Å². The van der Waals surface area contributed by atoms with E-state index in [9.17, 15) is 18.7 Å². The van der Waals surface area contributed by atoms with Crippen LogP contribution in [0.5, 0.6) is 0 Å². The molecule has 0 heterocycles. The highest BCUT2D eigenvalue weighted by Gasteiger charge is 2.31. The second-order valence-corrected chi connectivity index (χ2v) is 7.29. The molecule has 122 valence electrons. The third-order valence-corrected chi connectivity index (χ3v) is 4.55. The lowest BCUT2D eigenvalue weighted by molar-refractivity contribution is -0.119. The molecular formula is C17H28F2O2. The summed E-state index contributed by atoms with van der Waals surface area (Å²) < 4.78 is 26.1. The number of ketones is 1. The average Bonchev–Trinajstić information content (AvgIpc) is 2.34. The Kier molecular flexibility index (Phi) is 5.94. The van der Waals surface area contributed by atoms with Crippen molar-refractivity contribution in [3.63, 3.8) is 0 Å². The van der Waals surface area contributed by atoms with Crippen LogP contribution in [0.25, 0.3) is 0 Å². The summed E-state index contributed by atoms with van der Waals surface area (Å²) in [6.07, 6.45) is 4.79. The zero-order chi connectivity index (χ0) is 16.3. The van der Waals surface area contributed by atoms with Crippen LogP contribution in [0.3, 0.4) is 0 Å². The highest BCUT2D eigenvalue weighted by molar-refractivity contribution is 5.92. The summed E-state index contributed by atoms with van der Waals surface area (Å²) in [5.41, 5.74) is 0.277. The van der Waals surface area contributed by atoms with E-state index in [1.54, 1.807) is 6.92 Å². The molecule has 4 heteroatoms. The first-order chi connectivity index (χ1) is 9.54. The number of carbonyl (C=O) groups is 1. The number of hydrogen-bond acceptors (Lipinski definition) is 2. The van der Waals surface area contributed by atoms with Gasteiger partial charge in [0.15, 0.2) is 5.78 Å². The number of alkyl halides is 2. The summed E-state index contributed by atoms with van der Waals surface area (Å²) in [5.74, 6) is -3.84. The summed E-state index contributed by atoms with van der Waals surface area (Å²) in [6.45, 7) is 6.97. The van der Waals surface area contributed by atoms with Crippen LogP contribution in [-0.4, -0.2) is 16.8 Å². The average molecular weight is 302 g/mol. The van der Waals surface area contributed by atoms with Crippen LogP contribution in [0.4, 0.5) is 8.78 Å². The molecule has 21 heavy (non-hydrogen) atoms. The van der Waals surface area contributed by atoms with Gasteiger partial charge in [-0.15, -0.1) is 0 Å². The van der Waals surface area contributed by atoms with Gasteiger partial charge >= 0.3 is 0 Å². The van der Waals surface area contributed by atoms with E-state index in [-0.39, 0.29) is 22.9 Å². The van der Waals surface area contributed by atoms with Crippen molar-refractivity contribution in [3.05, 3.63) is 11.8 Å². The Morgan fingerprint density at radius 2 is 1.90 bits per heavy atom. The highest BCUT2D eigenvalue weighted by Crippen LogP contribution is 2.38. The maximum Gasteiger partial charge on any atom is 0.246 e. The Hall–Kier alpha value is -0.930. The molecule has 1 aliphatic carbocycles. The van der Waals surface area contributed by atoms with Crippen LogP contribution in [0.15, 0.2) is 11.8 Å². The second kappa shape index (κ2) is 6.89. The fourth-order valence-corrected chi connectivity index (χ4v) is 2.96. The van der Waals surface area contributed by atoms with Crippen LogP contribution < -0.4 is 0 Å². The standard InChI is InChI=1S/C17H28F2O2/c1-5-12(11-17(4,18)19)14(20)10-15(21)13-6-8-16(2,3)9-7-13/h10,12-13,20H,5-9,11H2,1-4H3. The van der Waals surface area contributed by atoms with Gasteiger partial charge in [0, 0.05) is 24.3 Å². The van der Waals surface area contributed by atoms with Crippen LogP contribution >= 0.6 is 0 Å². The Balaban J connectivity index is 2.66. The number of aliphatic hydroxyl groups is 1. The molecule has 0 aromatic rings. The molecular weight excluding hydrogens is 274 g/mol. The van der Waals surface area contributed by atoms with E-state index < -0.39 is 18.3 Å². The molecule has 1 rings (SSSR count). The third-order valence-electron chi connectivity index (χ3n) is 4.55. The summed E-state index contributed by atoms with van der Waals surface area (Å²) in [6, 6.07) is 0. The van der Waals surface area contributed by atoms with E-state index in [2.05, 4.69) is 13.8 Å². The van der Waals surface area contributed by atoms with E-state index in [0.29, 0.717) is 6.42 Å². The Bertz CT molecular complexity index is 384. The lowest BCUT2D eigenvalue weighted by atomic mass is 9.72. The lowest BCUT2D eigenvalue weighted by Crippen LogP contribution is -2.26. The van der Waals surface area contributed by atoms with E-state index in [1.165, 1.54) is 6.08 Å². The molecule has 0 bridgehead atoms. The molecule has 0 aromatic heterocycles. The van der Waals surface area contributed by atoms with Crippen LogP contribution in [0.1, 0.15) is 66.2 Å². The van der Waals surface area contributed by atoms with Crippen molar-refractivity contribution in [3.8, 4) is 0 Å². The fraction of sp³-hybridized carbons (Fsp3) is 0.824. The van der Waals surface area contributed by atoms with Gasteiger partial charge in [-0.25, -0.2) is 8.78 Å². The first kappa shape index (κ1) is 18.1. The Labute approximate surface area is 126 Å². The van der Waals surface area contributed by atoms with Crippen molar-refractivity contribution < 1.29 is 18.7 Å². The van der Waals surface area contributed by atoms with Gasteiger partial charge in [0.2, 0.25) is 5.92 Å². The molecule has 1 saturated carbocycles. The van der Waals surface area contributed by atoms with Crippen molar-refractivity contribution in [1.82, 2.24) is 0 Å². The smallest absolute Gasteiger partial charge is 0.246 e. The Morgan fingerprint density at radius 1 is 1.38 bits per heavy atom. The first-order valence-corrected chi connectivity index (χ1v) is 7.86. The molecule has 0 aromatic carbocycles. The minimum atomic E-state index is -2.83. The molecule has 1 aliphatic rings. The van der Waals surface area contributed by atoms with Crippen molar-refractivity contribution in [2.75, 3.05) is 0 Å². The molecule has 2 nitrogen and oxygen atoms in total. The molecule has 0 spiro atoms. The van der Waals surface area contributed by atoms with Gasteiger partial charge < -0.3 is 5.11 Å². The molecule has 1 fully saturated rings. The number of halogens is 2. The quantitative estimate of drug-likeness (QED) is 0.535. The van der Waals surface area contributed by atoms with Gasteiger partial charge in [0.05, 0.1) is 5.76 Å². The number of allylic oxidation sites excluding steroid dienone is 2. The number of hydrogen-bond donors (Lipinski definition) is 1. The van der Waals surface area contributed by atoms with Crippen LogP contribution in [0, 0.1) is 17.3 Å². The minimum absolute atomic E-state index is 0.0696. The molecule has 1 N–H and O–H groups in total. The van der Waals surface area contributed by atoms with E-state index in [4.69, 9.17) is 0 Å². The number of aliphatic hydroxyl groups excluding tert-OH is 1. The molecule has 1 atom stereocenters. The van der Waals surface area contributed by atoms with Gasteiger partial charge in [0.1, 0.15) is 0 Å². The van der Waals surface area contributed by atoms with Crippen LogP contribution in [-0.2, 0) is 4.79 Å². The van der Waals surface area contributed by atoms with Gasteiger partial charge in [-0.3, -0.25) is 4.79 Å². The van der Waals surface area contributed by atoms with E-state index in [1.807, 2.05) is 0 Å². The zero-order valence-corrected chi connectivity index (χ0v) is 13.6. The largest absolute Gasteiger partial charge is 0.512 e. The molecule has 0 saturated heterocycles. The number of rotatable bonds is 6. The van der Waals surface area contributed by atoms with Gasteiger partial charge in [-0.05, 0) is 44.4 Å². The van der Waals surface area contributed by atoms with Gasteiger partial charge in [-0.2, -0.15) is 0 Å². The number of carbonyl (C=O) groups excluding carboxylic acids is 1. The summed E-state index contributed by atoms with van der Waals surface area (Å²) in [4.78, 5) is 12.2. The molecule has 0 radical (unpaired) electrons. The summed E-state index contributed by atoms with van der Waals surface area (Å²) in [5, 5.41) is 9.98. The topological polar surface area (TPSA) is 37.3 Å². The van der Waals surface area contributed by atoms with Crippen molar-refractivity contribution >= 4 is 5.78 Å². The summed E-state index contributed by atoms with van der Waals surface area (Å²) in [7, 11) is 0. The second-order valence-electron chi connectivity index (χ2n) is 7.29. The molecule has 0 aliphatic heterocycles. The predicted molar refractivity (Wildman–Crippen MR) is 80.5 cm³/mol. The monoisotopic (exact) mass is 302 g/mol. The fourth-order valence-electron chi connectivity index (χ4n) is 2.96. The highest BCUT2D eigenvalue weighted by atomic mass is 19.3. The Morgan fingerprint density at radius 3 is 2.33 bits per heavy atom. The molecule has 0 amide bonds. The third kappa shape index (κ3) is 6.15. The maximum atomic E-state index is 13.1. The predicted octanol–water partition coefficient (Wildman–Crippen LogP) is 5.29. The summed E-state index contributed by atoms with van der Waals surface area (Å²) >= 11 is 0. The normalized spacial score (nSPS) is 22.1. The van der Waals surface area contributed by atoms with Crippen molar-refractivity contribution in [1.29, 1.82) is 0 Å². The van der Waals surface area contributed by atoms with Crippen molar-refractivity contribution in [2.24, 2.45) is 17.3 Å². The molecule has 1 unspecified atom stereocenters. The zero-order valence-electron chi connectivity index (χ0n) is 13.6. The lowest BCUT2D eigenvalue weighted by Gasteiger charge is -2.33. The van der Waals surface area contributed by atoms with Gasteiger partial charge in [-0.1, -0.05) is 20.8 Å². The minimum Gasteiger partial charge on any atom is -0.512 e.